The van der Waals surface area contributed by atoms with Gasteiger partial charge in [0.2, 0.25) is 0 Å². The molecular weight excluding hydrogens is 196 g/mol. The average Bonchev–Trinajstić information content (AvgIpc) is 2.75. The van der Waals surface area contributed by atoms with Gasteiger partial charge in [-0.05, 0) is 11.4 Å². The number of ether oxygens (including phenoxy) is 2. The molecule has 0 N–H and O–H groups in total. The zero-order valence-electron chi connectivity index (χ0n) is 6.40. The van der Waals surface area contributed by atoms with Crippen molar-refractivity contribution in [2.45, 2.75) is 12.4 Å². The number of hydrogen-bond acceptors (Lipinski definition) is 3. The van der Waals surface area contributed by atoms with Gasteiger partial charge < -0.3 is 9.47 Å². The van der Waals surface area contributed by atoms with E-state index in [9.17, 15) is 0 Å². The molecule has 1 aliphatic rings. The van der Waals surface area contributed by atoms with Gasteiger partial charge in [-0.15, -0.1) is 22.9 Å². The summed E-state index contributed by atoms with van der Waals surface area (Å²) in [5, 5.41) is 2.01. The van der Waals surface area contributed by atoms with Crippen LogP contribution in [-0.2, 0) is 9.47 Å². The third-order valence-corrected chi connectivity index (χ3v) is 2.94. The smallest absolute Gasteiger partial charge is 0.193 e. The van der Waals surface area contributed by atoms with Crippen molar-refractivity contribution >= 4 is 22.9 Å². The molecule has 4 heteroatoms. The Hall–Kier alpha value is -0.0900. The Labute approximate surface area is 80.1 Å². The fourth-order valence-corrected chi connectivity index (χ4v) is 1.97. The summed E-state index contributed by atoms with van der Waals surface area (Å²) < 4.78 is 10.9. The predicted octanol–water partition coefficient (Wildman–Crippen LogP) is 2.40. The van der Waals surface area contributed by atoms with Crippen LogP contribution in [0, 0.1) is 0 Å². The highest BCUT2D eigenvalue weighted by molar-refractivity contribution is 7.10. The van der Waals surface area contributed by atoms with Gasteiger partial charge in [-0.1, -0.05) is 6.07 Å². The first-order valence-corrected chi connectivity index (χ1v) is 5.18. The van der Waals surface area contributed by atoms with Gasteiger partial charge in [0.1, 0.15) is 0 Å². The van der Waals surface area contributed by atoms with Crippen LogP contribution in [0.2, 0.25) is 0 Å². The van der Waals surface area contributed by atoms with Gasteiger partial charge in [-0.3, -0.25) is 0 Å². The van der Waals surface area contributed by atoms with E-state index in [0.29, 0.717) is 12.5 Å². The van der Waals surface area contributed by atoms with E-state index in [0.717, 1.165) is 4.88 Å². The Morgan fingerprint density at radius 1 is 1.67 bits per heavy atom. The minimum Gasteiger partial charge on any atom is -0.345 e. The highest BCUT2D eigenvalue weighted by Crippen LogP contribution is 2.29. The van der Waals surface area contributed by atoms with Gasteiger partial charge in [0, 0.05) is 0 Å². The van der Waals surface area contributed by atoms with Crippen LogP contribution >= 0.6 is 22.9 Å². The molecule has 2 atom stereocenters. The standard InChI is InChI=1S/C8H9ClO2S/c9-4-6-5-10-8(11-6)7-2-1-3-12-7/h1-3,6,8H,4-5H2/t6-,8+/m0/s1. The van der Waals surface area contributed by atoms with Gasteiger partial charge >= 0.3 is 0 Å². The molecule has 0 bridgehead atoms. The summed E-state index contributed by atoms with van der Waals surface area (Å²) in [4.78, 5) is 1.11. The third-order valence-electron chi connectivity index (χ3n) is 1.70. The Balaban J connectivity index is 2.00. The van der Waals surface area contributed by atoms with E-state index < -0.39 is 0 Å². The highest BCUT2D eigenvalue weighted by atomic mass is 35.5. The fraction of sp³-hybridized carbons (Fsp3) is 0.500. The highest BCUT2D eigenvalue weighted by Gasteiger charge is 2.26. The maximum absolute atomic E-state index is 5.63. The molecule has 1 aromatic rings. The maximum Gasteiger partial charge on any atom is 0.193 e. The monoisotopic (exact) mass is 204 g/mol. The zero-order chi connectivity index (χ0) is 8.39. The van der Waals surface area contributed by atoms with Crippen LogP contribution in [0.3, 0.4) is 0 Å². The molecule has 66 valence electrons. The molecule has 0 radical (unpaired) electrons. The Morgan fingerprint density at radius 2 is 2.58 bits per heavy atom. The number of alkyl halides is 1. The normalized spacial score (nSPS) is 29.4. The molecule has 0 spiro atoms. The summed E-state index contributed by atoms with van der Waals surface area (Å²) in [6.07, 6.45) is -0.132. The molecule has 2 nitrogen and oxygen atoms in total. The zero-order valence-corrected chi connectivity index (χ0v) is 7.98. The van der Waals surface area contributed by atoms with Crippen LogP contribution in [0.1, 0.15) is 11.2 Å². The largest absolute Gasteiger partial charge is 0.345 e. The summed E-state index contributed by atoms with van der Waals surface area (Å²) >= 11 is 7.27. The Morgan fingerprint density at radius 3 is 3.17 bits per heavy atom. The lowest BCUT2D eigenvalue weighted by atomic mass is 10.4. The van der Waals surface area contributed by atoms with E-state index in [1.165, 1.54) is 0 Å². The van der Waals surface area contributed by atoms with E-state index >= 15 is 0 Å². The second-order valence-corrected chi connectivity index (χ2v) is 3.88. The second-order valence-electron chi connectivity index (χ2n) is 2.59. The van der Waals surface area contributed by atoms with Crippen molar-refractivity contribution in [3.63, 3.8) is 0 Å². The molecule has 0 aromatic carbocycles. The summed E-state index contributed by atoms with van der Waals surface area (Å²) in [7, 11) is 0. The first kappa shape index (κ1) is 8.51. The molecule has 0 unspecified atom stereocenters. The first-order chi connectivity index (χ1) is 5.90. The van der Waals surface area contributed by atoms with Crippen molar-refractivity contribution in [3.05, 3.63) is 22.4 Å². The SMILES string of the molecule is ClC[C@H]1CO[C@@H](c2cccs2)O1. The van der Waals surface area contributed by atoms with Crippen molar-refractivity contribution in [2.24, 2.45) is 0 Å². The lowest BCUT2D eigenvalue weighted by molar-refractivity contribution is -0.0540. The summed E-state index contributed by atoms with van der Waals surface area (Å²) in [6, 6.07) is 3.99. The fourth-order valence-electron chi connectivity index (χ4n) is 1.10. The van der Waals surface area contributed by atoms with Crippen molar-refractivity contribution in [3.8, 4) is 0 Å². The van der Waals surface area contributed by atoms with Crippen LogP contribution in [0.5, 0.6) is 0 Å². The molecule has 1 fully saturated rings. The minimum absolute atomic E-state index is 0.0544. The molecule has 1 aromatic heterocycles. The van der Waals surface area contributed by atoms with Crippen molar-refractivity contribution in [2.75, 3.05) is 12.5 Å². The van der Waals surface area contributed by atoms with Gasteiger partial charge in [-0.2, -0.15) is 0 Å². The Bertz CT molecular complexity index is 237. The lowest BCUT2D eigenvalue weighted by Gasteiger charge is -2.06. The molecule has 0 aliphatic carbocycles. The molecule has 2 heterocycles. The van der Waals surface area contributed by atoms with Crippen LogP contribution in [0.25, 0.3) is 0 Å². The molecular formula is C8H9ClO2S. The first-order valence-electron chi connectivity index (χ1n) is 3.76. The van der Waals surface area contributed by atoms with E-state index in [-0.39, 0.29) is 12.4 Å². The third kappa shape index (κ3) is 1.64. The predicted molar refractivity (Wildman–Crippen MR) is 48.6 cm³/mol. The van der Waals surface area contributed by atoms with Gasteiger partial charge in [0.15, 0.2) is 6.29 Å². The van der Waals surface area contributed by atoms with Crippen molar-refractivity contribution in [1.29, 1.82) is 0 Å². The van der Waals surface area contributed by atoms with E-state index in [2.05, 4.69) is 0 Å². The van der Waals surface area contributed by atoms with Gasteiger partial charge in [0.25, 0.3) is 0 Å². The molecule has 1 saturated heterocycles. The molecule has 12 heavy (non-hydrogen) atoms. The molecule has 2 rings (SSSR count). The van der Waals surface area contributed by atoms with Crippen LogP contribution in [0.15, 0.2) is 17.5 Å². The van der Waals surface area contributed by atoms with Crippen molar-refractivity contribution in [1.82, 2.24) is 0 Å². The number of thiophene rings is 1. The minimum atomic E-state index is -0.186. The summed E-state index contributed by atoms with van der Waals surface area (Å²) in [5.74, 6) is 0.502. The average molecular weight is 205 g/mol. The van der Waals surface area contributed by atoms with Crippen molar-refractivity contribution < 1.29 is 9.47 Å². The van der Waals surface area contributed by atoms with Gasteiger partial charge in [-0.25, -0.2) is 0 Å². The van der Waals surface area contributed by atoms with E-state index in [4.69, 9.17) is 21.1 Å². The summed E-state index contributed by atoms with van der Waals surface area (Å²) in [6.45, 7) is 0.603. The van der Waals surface area contributed by atoms with Crippen LogP contribution < -0.4 is 0 Å². The van der Waals surface area contributed by atoms with Gasteiger partial charge in [0.05, 0.1) is 23.5 Å². The Kier molecular flexibility index (Phi) is 2.66. The number of hydrogen-bond donors (Lipinski definition) is 0. The topological polar surface area (TPSA) is 18.5 Å². The maximum atomic E-state index is 5.63. The molecule has 1 aliphatic heterocycles. The second kappa shape index (κ2) is 3.75. The van der Waals surface area contributed by atoms with Crippen LogP contribution in [-0.4, -0.2) is 18.6 Å². The summed E-state index contributed by atoms with van der Waals surface area (Å²) in [5.41, 5.74) is 0. The lowest BCUT2D eigenvalue weighted by Crippen LogP contribution is -2.10. The van der Waals surface area contributed by atoms with E-state index in [1.807, 2.05) is 17.5 Å². The number of rotatable bonds is 2. The number of halogens is 1. The quantitative estimate of drug-likeness (QED) is 0.689. The molecule has 0 saturated carbocycles. The van der Waals surface area contributed by atoms with E-state index in [1.54, 1.807) is 11.3 Å². The van der Waals surface area contributed by atoms with Crippen LogP contribution in [0.4, 0.5) is 0 Å². The molecule has 0 amide bonds.